The van der Waals surface area contributed by atoms with Crippen molar-refractivity contribution in [1.29, 1.82) is 0 Å². The predicted molar refractivity (Wildman–Crippen MR) is 104 cm³/mol. The maximum atomic E-state index is 12.0. The van der Waals surface area contributed by atoms with Crippen LogP contribution in [0.3, 0.4) is 0 Å². The fourth-order valence-corrected chi connectivity index (χ4v) is 2.41. The highest BCUT2D eigenvalue weighted by atomic mass is 32.1. The van der Waals surface area contributed by atoms with Gasteiger partial charge in [-0.25, -0.2) is 4.79 Å². The largest absolute Gasteiger partial charge is 0.480 e. The summed E-state index contributed by atoms with van der Waals surface area (Å²) < 4.78 is 0. The van der Waals surface area contributed by atoms with Crippen LogP contribution in [-0.2, 0) is 25.6 Å². The van der Waals surface area contributed by atoms with Gasteiger partial charge in [0.1, 0.15) is 12.1 Å². The number of hydrogen-bond donors (Lipinski definition) is 7. The third kappa shape index (κ3) is 7.94. The van der Waals surface area contributed by atoms with E-state index in [4.69, 9.17) is 15.9 Å². The smallest absolute Gasteiger partial charge is 0.328 e. The van der Waals surface area contributed by atoms with Crippen LogP contribution in [0.5, 0.6) is 0 Å². The zero-order valence-electron chi connectivity index (χ0n) is 15.0. The second kappa shape index (κ2) is 12.0. The molecule has 0 radical (unpaired) electrons. The minimum absolute atomic E-state index is 0.114. The van der Waals surface area contributed by atoms with E-state index in [-0.39, 0.29) is 5.75 Å². The molecule has 0 saturated carbocycles. The van der Waals surface area contributed by atoms with Crippen LogP contribution in [0.4, 0.5) is 0 Å². The second-order valence-electron chi connectivity index (χ2n) is 5.90. The number of carboxylic acid groups (broad SMARTS) is 1. The van der Waals surface area contributed by atoms with E-state index in [0.29, 0.717) is 6.42 Å². The van der Waals surface area contributed by atoms with Crippen LogP contribution in [0.2, 0.25) is 0 Å². The number of nitrogens with one attached hydrogen (secondary N) is 3. The molecule has 0 fully saturated rings. The molecule has 0 heterocycles. The molecule has 3 unspecified atom stereocenters. The molecule has 154 valence electrons. The molecule has 0 aliphatic rings. The molecule has 0 aliphatic carbocycles. The summed E-state index contributed by atoms with van der Waals surface area (Å²) in [5.74, 6) is -3.56. The van der Waals surface area contributed by atoms with Crippen molar-refractivity contribution in [2.45, 2.75) is 24.5 Å². The third-order valence-electron chi connectivity index (χ3n) is 3.69. The van der Waals surface area contributed by atoms with E-state index >= 15 is 0 Å². The minimum Gasteiger partial charge on any atom is -0.480 e. The van der Waals surface area contributed by atoms with E-state index in [0.717, 1.165) is 5.56 Å². The summed E-state index contributed by atoms with van der Waals surface area (Å²) in [6, 6.07) is 5.65. The maximum Gasteiger partial charge on any atom is 0.328 e. The molecule has 3 amide bonds. The van der Waals surface area contributed by atoms with Gasteiger partial charge in [0.05, 0.1) is 19.2 Å². The lowest BCUT2D eigenvalue weighted by Gasteiger charge is -2.19. The van der Waals surface area contributed by atoms with Crippen molar-refractivity contribution < 1.29 is 29.4 Å². The molecular formula is C17H24N4O6S. The Hall–Kier alpha value is -2.63. The van der Waals surface area contributed by atoms with Crippen molar-refractivity contribution in [2.75, 3.05) is 18.9 Å². The minimum atomic E-state index is -1.50. The van der Waals surface area contributed by atoms with E-state index in [1.54, 1.807) is 0 Å². The van der Waals surface area contributed by atoms with Gasteiger partial charge in [-0.1, -0.05) is 30.3 Å². The van der Waals surface area contributed by atoms with Gasteiger partial charge in [0.2, 0.25) is 17.7 Å². The highest BCUT2D eigenvalue weighted by molar-refractivity contribution is 7.80. The number of hydrogen-bond acceptors (Lipinski definition) is 7. The number of carboxylic acids is 1. The molecule has 0 aromatic heterocycles. The first-order valence-corrected chi connectivity index (χ1v) is 9.03. The quantitative estimate of drug-likeness (QED) is 0.199. The molecule has 1 rings (SSSR count). The molecule has 0 aliphatic heterocycles. The zero-order chi connectivity index (χ0) is 21.1. The summed E-state index contributed by atoms with van der Waals surface area (Å²) in [5.41, 5.74) is 6.68. The van der Waals surface area contributed by atoms with Crippen LogP contribution in [-0.4, -0.2) is 70.9 Å². The Morgan fingerprint density at radius 1 is 1.04 bits per heavy atom. The van der Waals surface area contributed by atoms with Crippen LogP contribution < -0.4 is 21.7 Å². The number of aliphatic hydroxyl groups is 1. The lowest BCUT2D eigenvalue weighted by Crippen LogP contribution is -2.55. The summed E-state index contributed by atoms with van der Waals surface area (Å²) in [4.78, 5) is 46.7. The molecular weight excluding hydrogens is 388 g/mol. The fraction of sp³-hybridized carbons (Fsp3) is 0.412. The SMILES string of the molecule is NC(Cc1ccccc1)C(=O)NCC(=O)NC(CS)C(=O)NC(CO)C(=O)O. The first kappa shape index (κ1) is 23.4. The van der Waals surface area contributed by atoms with Gasteiger partial charge in [0.25, 0.3) is 0 Å². The van der Waals surface area contributed by atoms with E-state index in [9.17, 15) is 19.2 Å². The average Bonchev–Trinajstić information content (AvgIpc) is 2.68. The van der Waals surface area contributed by atoms with Gasteiger partial charge in [0, 0.05) is 5.75 Å². The molecule has 1 aromatic rings. The van der Waals surface area contributed by atoms with Gasteiger partial charge in [-0.15, -0.1) is 0 Å². The number of rotatable bonds is 11. The van der Waals surface area contributed by atoms with E-state index in [2.05, 4.69) is 28.6 Å². The summed E-state index contributed by atoms with van der Waals surface area (Å²) >= 11 is 3.94. The monoisotopic (exact) mass is 412 g/mol. The Morgan fingerprint density at radius 3 is 2.21 bits per heavy atom. The molecule has 0 bridgehead atoms. The number of aliphatic carboxylic acids is 1. The van der Waals surface area contributed by atoms with Crippen molar-refractivity contribution in [3.8, 4) is 0 Å². The van der Waals surface area contributed by atoms with Crippen molar-refractivity contribution in [3.63, 3.8) is 0 Å². The summed E-state index contributed by atoms with van der Waals surface area (Å²) in [5, 5.41) is 24.5. The molecule has 0 spiro atoms. The Kier molecular flexibility index (Phi) is 9.99. The number of amides is 3. The molecule has 0 saturated heterocycles. The van der Waals surface area contributed by atoms with Crippen molar-refractivity contribution in [3.05, 3.63) is 35.9 Å². The van der Waals surface area contributed by atoms with Gasteiger partial charge in [-0.05, 0) is 12.0 Å². The summed E-state index contributed by atoms with van der Waals surface area (Å²) in [6.45, 7) is -1.22. The van der Waals surface area contributed by atoms with Gasteiger partial charge >= 0.3 is 5.97 Å². The van der Waals surface area contributed by atoms with E-state index < -0.39 is 55.0 Å². The standard InChI is InChI=1S/C17H24N4O6S/c18-11(6-10-4-2-1-3-5-10)15(24)19-7-14(23)20-13(9-28)16(25)21-12(8-22)17(26)27/h1-5,11-13,22,28H,6-9,18H2,(H,19,24)(H,20,23)(H,21,25)(H,26,27). The number of thiol groups is 1. The number of benzene rings is 1. The highest BCUT2D eigenvalue weighted by Crippen LogP contribution is 2.01. The van der Waals surface area contributed by atoms with Gasteiger partial charge in [0.15, 0.2) is 0 Å². The Morgan fingerprint density at radius 2 is 1.68 bits per heavy atom. The van der Waals surface area contributed by atoms with Crippen LogP contribution in [0.15, 0.2) is 30.3 Å². The molecule has 1 aromatic carbocycles. The van der Waals surface area contributed by atoms with E-state index in [1.807, 2.05) is 30.3 Å². The number of carbonyl (C=O) groups excluding carboxylic acids is 3. The van der Waals surface area contributed by atoms with Gasteiger partial charge < -0.3 is 31.9 Å². The van der Waals surface area contributed by atoms with Crippen molar-refractivity contribution >= 4 is 36.3 Å². The van der Waals surface area contributed by atoms with Crippen LogP contribution >= 0.6 is 12.6 Å². The average molecular weight is 412 g/mol. The van der Waals surface area contributed by atoms with Crippen LogP contribution in [0, 0.1) is 0 Å². The number of aliphatic hydroxyl groups excluding tert-OH is 1. The van der Waals surface area contributed by atoms with Crippen LogP contribution in [0.1, 0.15) is 5.56 Å². The molecule has 28 heavy (non-hydrogen) atoms. The Bertz CT molecular complexity index is 687. The van der Waals surface area contributed by atoms with Crippen molar-refractivity contribution in [2.24, 2.45) is 5.73 Å². The molecule has 7 N–H and O–H groups in total. The Balaban J connectivity index is 2.47. The van der Waals surface area contributed by atoms with E-state index in [1.165, 1.54) is 0 Å². The lowest BCUT2D eigenvalue weighted by molar-refractivity contribution is -0.143. The zero-order valence-corrected chi connectivity index (χ0v) is 15.9. The first-order chi connectivity index (χ1) is 13.3. The van der Waals surface area contributed by atoms with Crippen molar-refractivity contribution in [1.82, 2.24) is 16.0 Å². The van der Waals surface area contributed by atoms with Gasteiger partial charge in [-0.3, -0.25) is 14.4 Å². The normalized spacial score (nSPS) is 13.7. The fourth-order valence-electron chi connectivity index (χ4n) is 2.16. The topological polar surface area (TPSA) is 171 Å². The Labute approximate surface area is 167 Å². The molecule has 3 atom stereocenters. The van der Waals surface area contributed by atoms with Gasteiger partial charge in [-0.2, -0.15) is 12.6 Å². The number of carbonyl (C=O) groups is 4. The lowest BCUT2D eigenvalue weighted by atomic mass is 10.1. The summed E-state index contributed by atoms with van der Waals surface area (Å²) in [7, 11) is 0. The van der Waals surface area contributed by atoms with Crippen LogP contribution in [0.25, 0.3) is 0 Å². The predicted octanol–water partition coefficient (Wildman–Crippen LogP) is -2.35. The second-order valence-corrected chi connectivity index (χ2v) is 6.26. The third-order valence-corrected chi connectivity index (χ3v) is 4.05. The first-order valence-electron chi connectivity index (χ1n) is 8.40. The highest BCUT2D eigenvalue weighted by Gasteiger charge is 2.25. The molecule has 10 nitrogen and oxygen atoms in total. The summed E-state index contributed by atoms with van der Waals surface area (Å²) in [6.07, 6.45) is 0.299. The number of nitrogens with two attached hydrogens (primary N) is 1. The maximum absolute atomic E-state index is 12.0. The molecule has 11 heteroatoms.